The molecule has 0 fully saturated rings. The van der Waals surface area contributed by atoms with Gasteiger partial charge in [-0.05, 0) is 66.9 Å². The van der Waals surface area contributed by atoms with Gasteiger partial charge in [-0.2, -0.15) is 13.2 Å². The molecular weight excluding hydrogens is 441 g/mol. The second kappa shape index (κ2) is 8.31. The van der Waals surface area contributed by atoms with Gasteiger partial charge in [-0.15, -0.1) is 0 Å². The van der Waals surface area contributed by atoms with E-state index in [4.69, 9.17) is 0 Å². The van der Waals surface area contributed by atoms with Crippen LogP contribution in [0.2, 0.25) is 0 Å². The number of hydrogen-bond acceptors (Lipinski definition) is 3. The lowest BCUT2D eigenvalue weighted by molar-refractivity contribution is -0.137. The molecular formula is C23H19F3N2O3S. The number of fused-ring (bicyclic) bond motifs is 1. The molecule has 0 radical (unpaired) electrons. The third-order valence-electron chi connectivity index (χ3n) is 5.22. The van der Waals surface area contributed by atoms with Crippen LogP contribution in [0.25, 0.3) is 0 Å². The van der Waals surface area contributed by atoms with Crippen LogP contribution in [-0.4, -0.2) is 20.9 Å². The van der Waals surface area contributed by atoms with Gasteiger partial charge in [0.15, 0.2) is 0 Å². The molecule has 4 rings (SSSR count). The molecule has 1 aliphatic heterocycles. The maximum absolute atomic E-state index is 13.2. The summed E-state index contributed by atoms with van der Waals surface area (Å²) in [6, 6.07) is 17.0. The van der Waals surface area contributed by atoms with Crippen LogP contribution in [0.4, 0.5) is 24.5 Å². The van der Waals surface area contributed by atoms with Crippen molar-refractivity contribution in [3.05, 3.63) is 89.5 Å². The average molecular weight is 460 g/mol. The normalized spacial score (nSPS) is 14.0. The standard InChI is InChI=1S/C23H19F3N2O3S/c24-23(25,26)18-11-8-17(9-12-18)22(29)27-19-13-10-16-5-4-14-28(21(16)15-19)32(30,31)20-6-2-1-3-7-20/h1-3,6-13,15H,4-5,14H2,(H,27,29). The van der Waals surface area contributed by atoms with E-state index in [1.807, 2.05) is 0 Å². The third-order valence-corrected chi connectivity index (χ3v) is 7.05. The Hall–Kier alpha value is -3.33. The first-order valence-corrected chi connectivity index (χ1v) is 11.3. The lowest BCUT2D eigenvalue weighted by Gasteiger charge is -2.31. The third kappa shape index (κ3) is 4.34. The number of alkyl halides is 3. The molecule has 3 aromatic carbocycles. The molecule has 0 saturated heterocycles. The lowest BCUT2D eigenvalue weighted by atomic mass is 10.0. The number of amides is 1. The van der Waals surface area contributed by atoms with E-state index in [-0.39, 0.29) is 10.5 Å². The van der Waals surface area contributed by atoms with Crippen molar-refractivity contribution < 1.29 is 26.4 Å². The van der Waals surface area contributed by atoms with Crippen molar-refractivity contribution in [2.24, 2.45) is 0 Å². The summed E-state index contributed by atoms with van der Waals surface area (Å²) in [5.41, 5.74) is 0.881. The van der Waals surface area contributed by atoms with E-state index in [0.29, 0.717) is 30.8 Å². The van der Waals surface area contributed by atoms with Gasteiger partial charge in [-0.25, -0.2) is 8.42 Å². The van der Waals surface area contributed by atoms with Gasteiger partial charge in [-0.3, -0.25) is 9.10 Å². The van der Waals surface area contributed by atoms with E-state index >= 15 is 0 Å². The van der Waals surface area contributed by atoms with Crippen molar-refractivity contribution in [1.29, 1.82) is 0 Å². The summed E-state index contributed by atoms with van der Waals surface area (Å²) < 4.78 is 65.8. The van der Waals surface area contributed by atoms with Crippen molar-refractivity contribution in [2.75, 3.05) is 16.2 Å². The SMILES string of the molecule is O=C(Nc1ccc2c(c1)N(S(=O)(=O)c1ccccc1)CCC2)c1ccc(C(F)(F)F)cc1. The van der Waals surface area contributed by atoms with E-state index in [9.17, 15) is 26.4 Å². The van der Waals surface area contributed by atoms with E-state index in [1.165, 1.54) is 16.4 Å². The number of halogens is 3. The summed E-state index contributed by atoms with van der Waals surface area (Å²) in [6.45, 7) is 0.306. The van der Waals surface area contributed by atoms with E-state index in [2.05, 4.69) is 5.32 Å². The molecule has 0 aliphatic carbocycles. The average Bonchev–Trinajstić information content (AvgIpc) is 2.78. The van der Waals surface area contributed by atoms with Gasteiger partial charge in [-0.1, -0.05) is 24.3 Å². The molecule has 5 nitrogen and oxygen atoms in total. The fourth-order valence-electron chi connectivity index (χ4n) is 3.60. The monoisotopic (exact) mass is 460 g/mol. The van der Waals surface area contributed by atoms with Crippen LogP contribution in [0.15, 0.2) is 77.7 Å². The Labute approximate surface area is 183 Å². The van der Waals surface area contributed by atoms with Crippen molar-refractivity contribution in [2.45, 2.75) is 23.9 Å². The molecule has 32 heavy (non-hydrogen) atoms. The Bertz CT molecular complexity index is 1240. The van der Waals surface area contributed by atoms with Crippen LogP contribution in [-0.2, 0) is 22.6 Å². The molecule has 0 aromatic heterocycles. The number of carbonyl (C=O) groups excluding carboxylic acids is 1. The Morgan fingerprint density at radius 3 is 2.28 bits per heavy atom. The van der Waals surface area contributed by atoms with Crippen LogP contribution in [0.5, 0.6) is 0 Å². The number of carbonyl (C=O) groups is 1. The molecule has 0 unspecified atom stereocenters. The molecule has 0 atom stereocenters. The smallest absolute Gasteiger partial charge is 0.322 e. The summed E-state index contributed by atoms with van der Waals surface area (Å²) in [7, 11) is -3.78. The number of rotatable bonds is 4. The van der Waals surface area contributed by atoms with E-state index in [1.54, 1.807) is 36.4 Å². The minimum Gasteiger partial charge on any atom is -0.322 e. The van der Waals surface area contributed by atoms with Gasteiger partial charge >= 0.3 is 6.18 Å². The molecule has 1 aliphatic rings. The summed E-state index contributed by atoms with van der Waals surface area (Å²) in [5.74, 6) is -0.591. The molecule has 9 heteroatoms. The summed E-state index contributed by atoms with van der Waals surface area (Å²) in [6.07, 6.45) is -3.12. The molecule has 0 bridgehead atoms. The Morgan fingerprint density at radius 1 is 0.938 bits per heavy atom. The number of sulfonamides is 1. The minimum absolute atomic E-state index is 0.0597. The van der Waals surface area contributed by atoms with Crippen molar-refractivity contribution in [3.63, 3.8) is 0 Å². The number of anilines is 2. The lowest BCUT2D eigenvalue weighted by Crippen LogP contribution is -2.35. The number of hydrogen-bond donors (Lipinski definition) is 1. The summed E-state index contributed by atoms with van der Waals surface area (Å²) in [4.78, 5) is 12.7. The van der Waals surface area contributed by atoms with E-state index in [0.717, 1.165) is 29.8 Å². The first-order chi connectivity index (χ1) is 15.2. The van der Waals surface area contributed by atoms with Gasteiger partial charge < -0.3 is 5.32 Å². The highest BCUT2D eigenvalue weighted by Gasteiger charge is 2.31. The maximum Gasteiger partial charge on any atom is 0.416 e. The first kappa shape index (κ1) is 21.9. The van der Waals surface area contributed by atoms with Gasteiger partial charge in [0.25, 0.3) is 15.9 Å². The van der Waals surface area contributed by atoms with Crippen LogP contribution in [0, 0.1) is 0 Å². The second-order valence-corrected chi connectivity index (χ2v) is 9.23. The molecule has 1 amide bonds. The van der Waals surface area contributed by atoms with Crippen LogP contribution >= 0.6 is 0 Å². The van der Waals surface area contributed by atoms with Crippen LogP contribution in [0.1, 0.15) is 27.9 Å². The molecule has 166 valence electrons. The van der Waals surface area contributed by atoms with Crippen molar-refractivity contribution >= 4 is 27.3 Å². The summed E-state index contributed by atoms with van der Waals surface area (Å²) >= 11 is 0. The molecule has 3 aromatic rings. The zero-order valence-electron chi connectivity index (χ0n) is 16.8. The second-order valence-electron chi connectivity index (χ2n) is 7.37. The Kier molecular flexibility index (Phi) is 5.68. The topological polar surface area (TPSA) is 66.5 Å². The largest absolute Gasteiger partial charge is 0.416 e. The van der Waals surface area contributed by atoms with Gasteiger partial charge in [0.2, 0.25) is 0 Å². The molecule has 0 saturated carbocycles. The zero-order valence-corrected chi connectivity index (χ0v) is 17.6. The highest BCUT2D eigenvalue weighted by Crippen LogP contribution is 2.34. The Morgan fingerprint density at radius 2 is 1.62 bits per heavy atom. The molecule has 1 N–H and O–H groups in total. The van der Waals surface area contributed by atoms with Crippen LogP contribution in [0.3, 0.4) is 0 Å². The zero-order chi connectivity index (χ0) is 22.9. The predicted octanol–water partition coefficient (Wildman–Crippen LogP) is 5.10. The number of nitrogens with zero attached hydrogens (tertiary/aromatic N) is 1. The Balaban J connectivity index is 1.60. The van der Waals surface area contributed by atoms with Gasteiger partial charge in [0.1, 0.15) is 0 Å². The highest BCUT2D eigenvalue weighted by molar-refractivity contribution is 7.92. The van der Waals surface area contributed by atoms with Crippen molar-refractivity contribution in [3.8, 4) is 0 Å². The van der Waals surface area contributed by atoms with E-state index < -0.39 is 27.7 Å². The number of nitrogens with one attached hydrogen (secondary N) is 1. The minimum atomic E-state index is -4.48. The fourth-order valence-corrected chi connectivity index (χ4v) is 5.16. The quantitative estimate of drug-likeness (QED) is 0.589. The van der Waals surface area contributed by atoms with Gasteiger partial charge in [0.05, 0.1) is 16.1 Å². The number of benzene rings is 3. The first-order valence-electron chi connectivity index (χ1n) is 9.85. The van der Waals surface area contributed by atoms with Crippen LogP contribution < -0.4 is 9.62 Å². The van der Waals surface area contributed by atoms with Gasteiger partial charge in [0, 0.05) is 17.8 Å². The maximum atomic E-state index is 13.2. The molecule has 1 heterocycles. The molecule has 0 spiro atoms. The summed E-state index contributed by atoms with van der Waals surface area (Å²) in [5, 5.41) is 2.64. The highest BCUT2D eigenvalue weighted by atomic mass is 32.2. The fraction of sp³-hybridized carbons (Fsp3) is 0.174. The predicted molar refractivity (Wildman–Crippen MR) is 115 cm³/mol. The number of aryl methyl sites for hydroxylation is 1. The van der Waals surface area contributed by atoms with Crippen molar-refractivity contribution in [1.82, 2.24) is 0 Å².